The van der Waals surface area contributed by atoms with Crippen molar-refractivity contribution in [2.45, 2.75) is 13.3 Å². The van der Waals surface area contributed by atoms with Gasteiger partial charge in [-0.2, -0.15) is 0 Å². The highest BCUT2D eigenvalue weighted by molar-refractivity contribution is 7.12. The predicted octanol–water partition coefficient (Wildman–Crippen LogP) is 2.47. The first-order valence-electron chi connectivity index (χ1n) is 6.21. The Kier molecular flexibility index (Phi) is 4.81. The fourth-order valence-corrected chi connectivity index (χ4v) is 2.78. The van der Waals surface area contributed by atoms with Crippen LogP contribution in [0.5, 0.6) is 0 Å². The Hall–Kier alpha value is -1.79. The van der Waals surface area contributed by atoms with Crippen LogP contribution < -0.4 is 5.32 Å². The summed E-state index contributed by atoms with van der Waals surface area (Å²) >= 11 is 1.58. The van der Waals surface area contributed by atoms with E-state index in [1.54, 1.807) is 23.5 Å². The van der Waals surface area contributed by atoms with Gasteiger partial charge in [0, 0.05) is 23.4 Å². The molecular formula is C14H15FN2O2S. The number of benzene rings is 1. The molecule has 0 bridgehead atoms. The molecule has 4 nitrogen and oxygen atoms in total. The zero-order valence-corrected chi connectivity index (χ0v) is 11.8. The topological polar surface area (TPSA) is 62.2 Å². The summed E-state index contributed by atoms with van der Waals surface area (Å²) in [4.78, 5) is 16.0. The molecule has 2 rings (SSSR count). The maximum atomic E-state index is 12.9. The van der Waals surface area contributed by atoms with E-state index in [9.17, 15) is 9.18 Å². The minimum Gasteiger partial charge on any atom is -0.480 e. The van der Waals surface area contributed by atoms with E-state index in [0.29, 0.717) is 13.0 Å². The van der Waals surface area contributed by atoms with Gasteiger partial charge in [0.15, 0.2) is 0 Å². The molecule has 1 aromatic carbocycles. The quantitative estimate of drug-likeness (QED) is 0.803. The molecule has 0 amide bonds. The number of aliphatic carboxylic acids is 1. The van der Waals surface area contributed by atoms with Crippen LogP contribution in [-0.4, -0.2) is 29.1 Å². The number of aryl methyl sites for hydroxylation is 1. The van der Waals surface area contributed by atoms with E-state index in [0.717, 1.165) is 21.1 Å². The number of hydrogen-bond donors (Lipinski definition) is 2. The average Bonchev–Trinajstić information content (AvgIpc) is 2.77. The van der Waals surface area contributed by atoms with Crippen molar-refractivity contribution < 1.29 is 14.3 Å². The average molecular weight is 294 g/mol. The van der Waals surface area contributed by atoms with Crippen LogP contribution in [0.25, 0.3) is 11.3 Å². The number of halogens is 1. The second-order valence-corrected chi connectivity index (χ2v) is 5.63. The van der Waals surface area contributed by atoms with Crippen LogP contribution in [-0.2, 0) is 11.2 Å². The first-order chi connectivity index (χ1) is 9.56. The third-order valence-electron chi connectivity index (χ3n) is 2.75. The number of nitrogens with one attached hydrogen (secondary N) is 1. The first-order valence-corrected chi connectivity index (χ1v) is 7.02. The van der Waals surface area contributed by atoms with Crippen molar-refractivity contribution in [1.29, 1.82) is 0 Å². The largest absolute Gasteiger partial charge is 0.480 e. The van der Waals surface area contributed by atoms with Crippen LogP contribution in [0.2, 0.25) is 0 Å². The fourth-order valence-electron chi connectivity index (χ4n) is 1.82. The number of carboxylic acid groups (broad SMARTS) is 1. The molecule has 6 heteroatoms. The number of carbonyl (C=O) groups is 1. The van der Waals surface area contributed by atoms with Gasteiger partial charge >= 0.3 is 5.97 Å². The number of thiazole rings is 1. The van der Waals surface area contributed by atoms with Gasteiger partial charge in [-0.15, -0.1) is 11.3 Å². The Morgan fingerprint density at radius 1 is 1.40 bits per heavy atom. The maximum absolute atomic E-state index is 12.9. The highest BCUT2D eigenvalue weighted by Gasteiger charge is 2.09. The molecule has 0 unspecified atom stereocenters. The number of hydrogen-bond acceptors (Lipinski definition) is 4. The first kappa shape index (κ1) is 14.6. The van der Waals surface area contributed by atoms with Crippen LogP contribution in [0.15, 0.2) is 24.3 Å². The summed E-state index contributed by atoms with van der Waals surface area (Å²) in [5, 5.41) is 12.3. The van der Waals surface area contributed by atoms with Crippen LogP contribution in [0.4, 0.5) is 4.39 Å². The highest BCUT2D eigenvalue weighted by atomic mass is 32.1. The standard InChI is InChI=1S/C14H15FN2O2S/c1-9-14(10-2-4-11(15)5-3-10)17-12(20-9)6-7-16-8-13(18)19/h2-5,16H,6-8H2,1H3,(H,18,19). The molecule has 2 N–H and O–H groups in total. The van der Waals surface area contributed by atoms with Crippen molar-refractivity contribution >= 4 is 17.3 Å². The van der Waals surface area contributed by atoms with Gasteiger partial charge < -0.3 is 10.4 Å². The molecule has 0 aliphatic carbocycles. The Morgan fingerprint density at radius 2 is 2.10 bits per heavy atom. The predicted molar refractivity (Wildman–Crippen MR) is 76.5 cm³/mol. The molecule has 0 fully saturated rings. The van der Waals surface area contributed by atoms with Gasteiger partial charge in [-0.3, -0.25) is 4.79 Å². The minimum atomic E-state index is -0.868. The Labute approximate surface area is 120 Å². The maximum Gasteiger partial charge on any atom is 0.317 e. The number of carboxylic acids is 1. The van der Waals surface area contributed by atoms with Gasteiger partial charge in [0.25, 0.3) is 0 Å². The molecule has 0 saturated carbocycles. The Bertz CT molecular complexity index is 596. The monoisotopic (exact) mass is 294 g/mol. The molecule has 1 aromatic heterocycles. The molecule has 0 aliphatic rings. The van der Waals surface area contributed by atoms with Gasteiger partial charge in [0.2, 0.25) is 0 Å². The van der Waals surface area contributed by atoms with E-state index >= 15 is 0 Å². The second-order valence-electron chi connectivity index (χ2n) is 4.34. The molecule has 0 radical (unpaired) electrons. The minimum absolute atomic E-state index is 0.0465. The number of nitrogens with zero attached hydrogens (tertiary/aromatic N) is 1. The third-order valence-corrected chi connectivity index (χ3v) is 3.78. The van der Waals surface area contributed by atoms with E-state index in [2.05, 4.69) is 10.3 Å². The smallest absolute Gasteiger partial charge is 0.317 e. The van der Waals surface area contributed by atoms with Crippen molar-refractivity contribution in [3.63, 3.8) is 0 Å². The summed E-state index contributed by atoms with van der Waals surface area (Å²) in [6.07, 6.45) is 0.681. The Morgan fingerprint density at radius 3 is 2.75 bits per heavy atom. The van der Waals surface area contributed by atoms with Crippen molar-refractivity contribution in [3.8, 4) is 11.3 Å². The SMILES string of the molecule is Cc1sc(CCNCC(=O)O)nc1-c1ccc(F)cc1. The summed E-state index contributed by atoms with van der Waals surface area (Å²) in [7, 11) is 0. The van der Waals surface area contributed by atoms with Crippen LogP contribution in [0.3, 0.4) is 0 Å². The van der Waals surface area contributed by atoms with Crippen molar-refractivity contribution in [2.24, 2.45) is 0 Å². The number of rotatable bonds is 6. The highest BCUT2D eigenvalue weighted by Crippen LogP contribution is 2.27. The van der Waals surface area contributed by atoms with E-state index in [4.69, 9.17) is 5.11 Å². The molecule has 106 valence electrons. The molecule has 2 aromatic rings. The van der Waals surface area contributed by atoms with E-state index in [-0.39, 0.29) is 12.4 Å². The summed E-state index contributed by atoms with van der Waals surface area (Å²) in [6.45, 7) is 2.50. The molecule has 0 atom stereocenters. The van der Waals surface area contributed by atoms with Gasteiger partial charge in [0.05, 0.1) is 17.2 Å². The van der Waals surface area contributed by atoms with Gasteiger partial charge in [-0.25, -0.2) is 9.37 Å². The van der Waals surface area contributed by atoms with Crippen molar-refractivity contribution in [2.75, 3.05) is 13.1 Å². The summed E-state index contributed by atoms with van der Waals surface area (Å²) in [5.74, 6) is -1.13. The van der Waals surface area contributed by atoms with E-state index in [1.807, 2.05) is 6.92 Å². The van der Waals surface area contributed by atoms with Gasteiger partial charge in [-0.1, -0.05) is 0 Å². The van der Waals surface area contributed by atoms with Gasteiger partial charge in [0.1, 0.15) is 5.82 Å². The van der Waals surface area contributed by atoms with Crippen LogP contribution in [0.1, 0.15) is 9.88 Å². The second kappa shape index (κ2) is 6.58. The van der Waals surface area contributed by atoms with Crippen molar-refractivity contribution in [3.05, 3.63) is 40.0 Å². The summed E-state index contributed by atoms with van der Waals surface area (Å²) in [6, 6.07) is 6.26. The molecule has 0 spiro atoms. The lowest BCUT2D eigenvalue weighted by Gasteiger charge is -1.99. The van der Waals surface area contributed by atoms with Crippen LogP contribution in [0, 0.1) is 12.7 Å². The molecule has 0 aliphatic heterocycles. The van der Waals surface area contributed by atoms with Gasteiger partial charge in [-0.05, 0) is 31.2 Å². The molecule has 20 heavy (non-hydrogen) atoms. The number of aromatic nitrogens is 1. The summed E-state index contributed by atoms with van der Waals surface area (Å²) < 4.78 is 12.9. The fraction of sp³-hybridized carbons (Fsp3) is 0.286. The lowest BCUT2D eigenvalue weighted by molar-refractivity contribution is -0.135. The molecular weight excluding hydrogens is 279 g/mol. The lowest BCUT2D eigenvalue weighted by Crippen LogP contribution is -2.24. The zero-order chi connectivity index (χ0) is 14.5. The van der Waals surface area contributed by atoms with E-state index < -0.39 is 5.97 Å². The van der Waals surface area contributed by atoms with Crippen molar-refractivity contribution in [1.82, 2.24) is 10.3 Å². The third kappa shape index (κ3) is 3.85. The van der Waals surface area contributed by atoms with E-state index in [1.165, 1.54) is 12.1 Å². The lowest BCUT2D eigenvalue weighted by atomic mass is 10.1. The zero-order valence-electron chi connectivity index (χ0n) is 11.0. The van der Waals surface area contributed by atoms with Crippen LogP contribution >= 0.6 is 11.3 Å². The molecule has 1 heterocycles. The molecule has 0 saturated heterocycles. The summed E-state index contributed by atoms with van der Waals surface area (Å²) in [5.41, 5.74) is 1.76. The normalized spacial score (nSPS) is 10.7. The Balaban J connectivity index is 2.02.